The van der Waals surface area contributed by atoms with E-state index in [4.69, 9.17) is 18.9 Å². The molecule has 2 heterocycles. The molecule has 6 nitrogen and oxygen atoms in total. The number of ether oxygens (including phenoxy) is 4. The summed E-state index contributed by atoms with van der Waals surface area (Å²) in [4.78, 5) is 2.45. The lowest BCUT2D eigenvalue weighted by molar-refractivity contribution is 0.0677. The van der Waals surface area contributed by atoms with Gasteiger partial charge in [0.2, 0.25) is 5.75 Å². The Morgan fingerprint density at radius 2 is 1.74 bits per heavy atom. The minimum atomic E-state index is 0.265. The first-order valence-corrected chi connectivity index (χ1v) is 10.8. The predicted octanol–water partition coefficient (Wildman–Crippen LogP) is 4.39. The normalized spacial score (nSPS) is 16.2. The third-order valence-electron chi connectivity index (χ3n) is 6.04. The maximum Gasteiger partial charge on any atom is 0.203 e. The molecule has 0 radical (unpaired) electrons. The van der Waals surface area contributed by atoms with Crippen LogP contribution in [0.2, 0.25) is 0 Å². The highest BCUT2D eigenvalue weighted by molar-refractivity contribution is 5.83. The fraction of sp³-hybridized carbons (Fsp3) is 0.440. The molecule has 1 aromatic heterocycles. The molecular formula is C25H32N2O4. The van der Waals surface area contributed by atoms with Gasteiger partial charge >= 0.3 is 0 Å². The number of methoxy groups -OCH3 is 3. The summed E-state index contributed by atoms with van der Waals surface area (Å²) in [5.41, 5.74) is 3.63. The van der Waals surface area contributed by atoms with Gasteiger partial charge in [-0.2, -0.15) is 0 Å². The van der Waals surface area contributed by atoms with Crippen LogP contribution in [0.15, 0.2) is 42.6 Å². The summed E-state index contributed by atoms with van der Waals surface area (Å²) >= 11 is 0. The average Bonchev–Trinajstić information content (AvgIpc) is 3.41. The van der Waals surface area contributed by atoms with E-state index in [-0.39, 0.29) is 6.10 Å². The lowest BCUT2D eigenvalue weighted by Crippen LogP contribution is -2.31. The van der Waals surface area contributed by atoms with Crippen molar-refractivity contribution in [2.24, 2.45) is 7.05 Å². The third-order valence-corrected chi connectivity index (χ3v) is 6.04. The summed E-state index contributed by atoms with van der Waals surface area (Å²) in [6.07, 6.45) is 4.74. The summed E-state index contributed by atoms with van der Waals surface area (Å²) in [6, 6.07) is 12.6. The third kappa shape index (κ3) is 4.50. The lowest BCUT2D eigenvalue weighted by Gasteiger charge is -2.26. The van der Waals surface area contributed by atoms with E-state index in [1.165, 1.54) is 16.5 Å². The lowest BCUT2D eigenvalue weighted by atomic mass is 10.1. The van der Waals surface area contributed by atoms with Gasteiger partial charge in [-0.25, -0.2) is 0 Å². The first kappa shape index (κ1) is 21.5. The molecule has 0 bridgehead atoms. The molecule has 6 heteroatoms. The summed E-state index contributed by atoms with van der Waals surface area (Å²) < 4.78 is 25.0. The van der Waals surface area contributed by atoms with Gasteiger partial charge in [-0.3, -0.25) is 4.90 Å². The van der Waals surface area contributed by atoms with Crippen LogP contribution >= 0.6 is 0 Å². The number of hydrogen-bond donors (Lipinski definition) is 0. The van der Waals surface area contributed by atoms with Crippen LogP contribution in [0.25, 0.3) is 10.9 Å². The van der Waals surface area contributed by atoms with E-state index in [1.54, 1.807) is 21.3 Å². The van der Waals surface area contributed by atoms with Crippen molar-refractivity contribution < 1.29 is 18.9 Å². The molecule has 31 heavy (non-hydrogen) atoms. The minimum Gasteiger partial charge on any atom is -0.493 e. The molecule has 0 spiro atoms. The Morgan fingerprint density at radius 3 is 2.45 bits per heavy atom. The first-order valence-electron chi connectivity index (χ1n) is 10.8. The molecule has 4 rings (SSSR count). The van der Waals surface area contributed by atoms with Gasteiger partial charge in [0.25, 0.3) is 0 Å². The molecule has 2 aromatic carbocycles. The molecule has 1 unspecified atom stereocenters. The zero-order chi connectivity index (χ0) is 21.8. The molecule has 1 aliphatic rings. The summed E-state index contributed by atoms with van der Waals surface area (Å²) in [6.45, 7) is 3.29. The molecule has 1 fully saturated rings. The number of hydrogen-bond acceptors (Lipinski definition) is 5. The highest BCUT2D eigenvalue weighted by Gasteiger charge is 2.23. The second-order valence-corrected chi connectivity index (χ2v) is 8.08. The largest absolute Gasteiger partial charge is 0.493 e. The standard InChI is InChI=1S/C25H32N2O4/c1-26-14-19(21-9-5-6-10-22(21)26)16-27(17-20-8-7-13-31-20)15-18-11-12-23(28-2)25(30-4)24(18)29-3/h5-6,9-12,14,20H,7-8,13,15-17H2,1-4H3. The molecule has 0 amide bonds. The van der Waals surface area contributed by atoms with Crippen molar-refractivity contribution in [2.75, 3.05) is 34.5 Å². The highest BCUT2D eigenvalue weighted by atomic mass is 16.5. The molecule has 3 aromatic rings. The maximum atomic E-state index is 5.97. The van der Waals surface area contributed by atoms with E-state index in [0.717, 1.165) is 50.4 Å². The zero-order valence-corrected chi connectivity index (χ0v) is 18.9. The van der Waals surface area contributed by atoms with E-state index >= 15 is 0 Å². The van der Waals surface area contributed by atoms with E-state index in [0.29, 0.717) is 11.5 Å². The SMILES string of the molecule is COc1ccc(CN(Cc2cn(C)c3ccccc23)CC2CCCO2)c(OC)c1OC. The van der Waals surface area contributed by atoms with Crippen molar-refractivity contribution in [3.63, 3.8) is 0 Å². The van der Waals surface area contributed by atoms with Crippen molar-refractivity contribution in [3.8, 4) is 17.2 Å². The average molecular weight is 425 g/mol. The monoisotopic (exact) mass is 424 g/mol. The van der Waals surface area contributed by atoms with E-state index in [2.05, 4.69) is 53.0 Å². The van der Waals surface area contributed by atoms with Crippen molar-refractivity contribution in [2.45, 2.75) is 32.0 Å². The maximum absolute atomic E-state index is 5.97. The van der Waals surface area contributed by atoms with Crippen molar-refractivity contribution in [1.82, 2.24) is 9.47 Å². The molecule has 1 aliphatic heterocycles. The smallest absolute Gasteiger partial charge is 0.203 e. The van der Waals surface area contributed by atoms with Crippen LogP contribution in [-0.2, 0) is 24.9 Å². The van der Waals surface area contributed by atoms with E-state index in [9.17, 15) is 0 Å². The van der Waals surface area contributed by atoms with Gasteiger partial charge in [0.15, 0.2) is 11.5 Å². The number of benzene rings is 2. The van der Waals surface area contributed by atoms with Gasteiger partial charge in [0, 0.05) is 56.0 Å². The van der Waals surface area contributed by atoms with Gasteiger partial charge in [-0.05, 0) is 30.5 Å². The number of para-hydroxylation sites is 1. The van der Waals surface area contributed by atoms with Crippen LogP contribution < -0.4 is 14.2 Å². The Hall–Kier alpha value is -2.70. The molecule has 166 valence electrons. The van der Waals surface area contributed by atoms with Crippen LogP contribution in [-0.4, -0.2) is 50.1 Å². The van der Waals surface area contributed by atoms with Gasteiger partial charge < -0.3 is 23.5 Å². The Bertz CT molecular complexity index is 1020. The number of fused-ring (bicyclic) bond motifs is 1. The number of aromatic nitrogens is 1. The highest BCUT2D eigenvalue weighted by Crippen LogP contribution is 2.40. The molecule has 1 atom stereocenters. The van der Waals surface area contributed by atoms with E-state index in [1.807, 2.05) is 6.07 Å². The molecule has 0 saturated carbocycles. The Morgan fingerprint density at radius 1 is 0.968 bits per heavy atom. The topological polar surface area (TPSA) is 45.1 Å². The first-order chi connectivity index (χ1) is 15.1. The van der Waals surface area contributed by atoms with Gasteiger partial charge in [-0.15, -0.1) is 0 Å². The predicted molar refractivity (Wildman–Crippen MR) is 122 cm³/mol. The molecule has 0 N–H and O–H groups in total. The fourth-order valence-corrected chi connectivity index (χ4v) is 4.58. The summed E-state index contributed by atoms with van der Waals surface area (Å²) in [7, 11) is 7.06. The van der Waals surface area contributed by atoms with Crippen molar-refractivity contribution >= 4 is 10.9 Å². The molecule has 0 aliphatic carbocycles. The summed E-state index contributed by atoms with van der Waals surface area (Å²) in [5.74, 6) is 2.02. The Kier molecular flexibility index (Phi) is 6.68. The zero-order valence-electron chi connectivity index (χ0n) is 18.9. The van der Waals surface area contributed by atoms with Crippen LogP contribution in [0.5, 0.6) is 17.2 Å². The van der Waals surface area contributed by atoms with Gasteiger partial charge in [0.05, 0.1) is 27.4 Å². The van der Waals surface area contributed by atoms with Crippen LogP contribution in [0.3, 0.4) is 0 Å². The van der Waals surface area contributed by atoms with E-state index < -0.39 is 0 Å². The Balaban J connectivity index is 1.65. The Labute approximate surface area is 184 Å². The van der Waals surface area contributed by atoms with Crippen LogP contribution in [0, 0.1) is 0 Å². The van der Waals surface area contributed by atoms with Gasteiger partial charge in [0.1, 0.15) is 0 Å². The quantitative estimate of drug-likeness (QED) is 0.510. The molecular weight excluding hydrogens is 392 g/mol. The second-order valence-electron chi connectivity index (χ2n) is 8.08. The minimum absolute atomic E-state index is 0.265. The number of nitrogens with zero attached hydrogens (tertiary/aromatic N) is 2. The summed E-state index contributed by atoms with van der Waals surface area (Å²) in [5, 5.41) is 1.29. The van der Waals surface area contributed by atoms with Crippen LogP contribution in [0.1, 0.15) is 24.0 Å². The number of aryl methyl sites for hydroxylation is 1. The van der Waals surface area contributed by atoms with Gasteiger partial charge in [-0.1, -0.05) is 24.3 Å². The fourth-order valence-electron chi connectivity index (χ4n) is 4.58. The number of rotatable bonds is 9. The molecule has 1 saturated heterocycles. The van der Waals surface area contributed by atoms with Crippen molar-refractivity contribution in [1.29, 1.82) is 0 Å². The van der Waals surface area contributed by atoms with Crippen LogP contribution in [0.4, 0.5) is 0 Å². The van der Waals surface area contributed by atoms with Crippen molar-refractivity contribution in [3.05, 3.63) is 53.7 Å². The second kappa shape index (κ2) is 9.62.